The number of ether oxygens (including phenoxy) is 1. The summed E-state index contributed by atoms with van der Waals surface area (Å²) >= 11 is 0. The second-order valence-corrected chi connectivity index (χ2v) is 6.65. The summed E-state index contributed by atoms with van der Waals surface area (Å²) < 4.78 is 6.80. The van der Waals surface area contributed by atoms with Crippen LogP contribution in [0.4, 0.5) is 11.5 Å². The molecule has 0 aliphatic carbocycles. The van der Waals surface area contributed by atoms with Gasteiger partial charge < -0.3 is 25.8 Å². The van der Waals surface area contributed by atoms with E-state index in [1.807, 2.05) is 0 Å². The number of aliphatic hydroxyl groups is 3. The lowest BCUT2D eigenvalue weighted by Crippen LogP contribution is -2.51. The number of anilines is 1. The average Bonchev–Trinajstić information content (AvgIpc) is 3.29. The molecule has 0 radical (unpaired) electrons. The van der Waals surface area contributed by atoms with E-state index in [0.717, 1.165) is 29.4 Å². The lowest BCUT2D eigenvalue weighted by molar-refractivity contribution is -0.384. The predicted octanol–water partition coefficient (Wildman–Crippen LogP) is -1.03. The highest BCUT2D eigenvalue weighted by atomic mass is 16.6. The molecule has 5 N–H and O–H groups in total. The number of aromatic nitrogens is 4. The van der Waals surface area contributed by atoms with Gasteiger partial charge in [0.05, 0.1) is 11.5 Å². The van der Waals surface area contributed by atoms with Crippen molar-refractivity contribution in [2.45, 2.75) is 24.0 Å². The predicted molar refractivity (Wildman–Crippen MR) is 99.1 cm³/mol. The van der Waals surface area contributed by atoms with Crippen LogP contribution in [0.25, 0.3) is 11.2 Å². The standard InChI is InChI=1S/C17H16N6O7/c18-15-11-16(20-6-19-15)22(7-21-11)17(14(27)12(25)10(5-24)30-17)13(26)8-1-3-9(4-2-8)23(28)29/h1-4,6-7,10,12,14,24-25,27H,5H2,(H2,18,19,20)/t10-,12-,14-,17-/m1/s1. The average molecular weight is 416 g/mol. The van der Waals surface area contributed by atoms with Gasteiger partial charge in [0.15, 0.2) is 11.5 Å². The number of hydrogen-bond acceptors (Lipinski definition) is 11. The molecule has 1 fully saturated rings. The highest BCUT2D eigenvalue weighted by Gasteiger charge is 2.61. The Morgan fingerprint density at radius 1 is 1.27 bits per heavy atom. The number of ketones is 1. The van der Waals surface area contributed by atoms with E-state index in [2.05, 4.69) is 15.0 Å². The van der Waals surface area contributed by atoms with Crippen molar-refractivity contribution in [1.82, 2.24) is 19.5 Å². The first kappa shape index (κ1) is 19.8. The van der Waals surface area contributed by atoms with Crippen LogP contribution in [0.15, 0.2) is 36.9 Å². The molecule has 1 aliphatic rings. The maximum Gasteiger partial charge on any atom is 0.269 e. The van der Waals surface area contributed by atoms with Gasteiger partial charge in [-0.15, -0.1) is 0 Å². The van der Waals surface area contributed by atoms with Crippen LogP contribution in [-0.4, -0.2) is 70.5 Å². The van der Waals surface area contributed by atoms with Gasteiger partial charge in [-0.3, -0.25) is 19.5 Å². The fourth-order valence-electron chi connectivity index (χ4n) is 3.48. The van der Waals surface area contributed by atoms with Gasteiger partial charge in [0.2, 0.25) is 11.5 Å². The summed E-state index contributed by atoms with van der Waals surface area (Å²) in [6.45, 7) is -0.683. The highest BCUT2D eigenvalue weighted by molar-refractivity contribution is 6.02. The number of Topliss-reactive ketones (excluding diaryl/α,β-unsaturated/α-hetero) is 1. The zero-order valence-electron chi connectivity index (χ0n) is 15.2. The molecule has 1 aromatic carbocycles. The molecular weight excluding hydrogens is 400 g/mol. The fraction of sp³-hybridized carbons (Fsp3) is 0.294. The number of imidazole rings is 1. The molecule has 30 heavy (non-hydrogen) atoms. The first-order chi connectivity index (χ1) is 14.3. The number of non-ortho nitro benzene ring substituents is 1. The number of aliphatic hydroxyl groups excluding tert-OH is 3. The van der Waals surface area contributed by atoms with Crippen LogP contribution in [0.3, 0.4) is 0 Å². The number of carbonyl (C=O) groups excluding carboxylic acids is 1. The largest absolute Gasteiger partial charge is 0.394 e. The molecule has 4 rings (SSSR count). The van der Waals surface area contributed by atoms with Gasteiger partial charge in [-0.25, -0.2) is 15.0 Å². The summed E-state index contributed by atoms with van der Waals surface area (Å²) in [6, 6.07) is 4.63. The summed E-state index contributed by atoms with van der Waals surface area (Å²) in [7, 11) is 0. The number of rotatable bonds is 5. The number of nitrogen functional groups attached to an aromatic ring is 1. The second kappa shape index (κ2) is 7.07. The quantitative estimate of drug-likeness (QED) is 0.225. The molecule has 4 atom stereocenters. The summed E-state index contributed by atoms with van der Waals surface area (Å²) in [4.78, 5) is 35.7. The third-order valence-corrected chi connectivity index (χ3v) is 5.00. The first-order valence-electron chi connectivity index (χ1n) is 8.69. The van der Waals surface area contributed by atoms with Crippen LogP contribution in [0.2, 0.25) is 0 Å². The molecule has 1 aliphatic heterocycles. The highest BCUT2D eigenvalue weighted by Crippen LogP contribution is 2.40. The molecule has 156 valence electrons. The van der Waals surface area contributed by atoms with Crippen molar-refractivity contribution in [3.05, 3.63) is 52.6 Å². The third kappa shape index (κ3) is 2.72. The van der Waals surface area contributed by atoms with Crippen LogP contribution in [0, 0.1) is 10.1 Å². The summed E-state index contributed by atoms with van der Waals surface area (Å²) in [5.74, 6) is -0.820. The Morgan fingerprint density at radius 2 is 1.97 bits per heavy atom. The molecule has 13 nitrogen and oxygen atoms in total. The van der Waals surface area contributed by atoms with Gasteiger partial charge in [-0.2, -0.15) is 0 Å². The van der Waals surface area contributed by atoms with E-state index < -0.39 is 41.4 Å². The zero-order chi connectivity index (χ0) is 21.6. The monoisotopic (exact) mass is 416 g/mol. The van der Waals surface area contributed by atoms with Crippen molar-refractivity contribution < 1.29 is 29.8 Å². The Bertz CT molecular complexity index is 1130. The molecule has 3 heterocycles. The lowest BCUT2D eigenvalue weighted by atomic mass is 9.93. The van der Waals surface area contributed by atoms with Gasteiger partial charge in [0, 0.05) is 17.7 Å². The van der Waals surface area contributed by atoms with Crippen molar-refractivity contribution in [2.24, 2.45) is 0 Å². The molecule has 2 aromatic heterocycles. The molecule has 13 heteroatoms. The number of nitro groups is 1. The Labute approximate surface area is 167 Å². The van der Waals surface area contributed by atoms with E-state index in [1.165, 1.54) is 12.1 Å². The minimum Gasteiger partial charge on any atom is -0.394 e. The van der Waals surface area contributed by atoms with Gasteiger partial charge in [-0.05, 0) is 12.1 Å². The number of nitrogens with two attached hydrogens (primary N) is 1. The zero-order valence-corrected chi connectivity index (χ0v) is 15.2. The van der Waals surface area contributed by atoms with Crippen LogP contribution in [0.1, 0.15) is 10.4 Å². The number of fused-ring (bicyclic) bond motifs is 1. The van der Waals surface area contributed by atoms with Crippen LogP contribution in [0.5, 0.6) is 0 Å². The molecule has 0 unspecified atom stereocenters. The molecular formula is C17H16N6O7. The normalized spacial score (nSPS) is 26.2. The lowest BCUT2D eigenvalue weighted by Gasteiger charge is -2.32. The maximum absolute atomic E-state index is 13.5. The van der Waals surface area contributed by atoms with E-state index >= 15 is 0 Å². The van der Waals surface area contributed by atoms with Crippen LogP contribution >= 0.6 is 0 Å². The fourth-order valence-corrected chi connectivity index (χ4v) is 3.48. The maximum atomic E-state index is 13.5. The summed E-state index contributed by atoms with van der Waals surface area (Å²) in [5, 5.41) is 41.6. The molecule has 1 saturated heterocycles. The van der Waals surface area contributed by atoms with Crippen LogP contribution in [-0.2, 0) is 10.5 Å². The third-order valence-electron chi connectivity index (χ3n) is 5.00. The summed E-state index contributed by atoms with van der Waals surface area (Å²) in [6.07, 6.45) is -2.46. The van der Waals surface area contributed by atoms with E-state index in [4.69, 9.17) is 10.5 Å². The van der Waals surface area contributed by atoms with Gasteiger partial charge in [0.1, 0.15) is 36.5 Å². The Balaban J connectivity index is 1.92. The minimum atomic E-state index is -2.27. The van der Waals surface area contributed by atoms with Crippen molar-refractivity contribution in [3.63, 3.8) is 0 Å². The Hall–Kier alpha value is -3.52. The van der Waals surface area contributed by atoms with Gasteiger partial charge in [-0.1, -0.05) is 0 Å². The van der Waals surface area contributed by atoms with E-state index in [9.17, 15) is 30.2 Å². The van der Waals surface area contributed by atoms with E-state index in [0.29, 0.717) is 0 Å². The van der Waals surface area contributed by atoms with Crippen molar-refractivity contribution in [2.75, 3.05) is 12.3 Å². The molecule has 0 saturated carbocycles. The summed E-state index contributed by atoms with van der Waals surface area (Å²) in [5.41, 5.74) is 3.41. The molecule has 3 aromatic rings. The number of carbonyl (C=O) groups is 1. The van der Waals surface area contributed by atoms with Crippen molar-refractivity contribution in [1.29, 1.82) is 0 Å². The number of benzene rings is 1. The Morgan fingerprint density at radius 3 is 2.57 bits per heavy atom. The molecule has 0 bridgehead atoms. The first-order valence-corrected chi connectivity index (χ1v) is 8.69. The second-order valence-electron chi connectivity index (χ2n) is 6.65. The molecule has 0 spiro atoms. The van der Waals surface area contributed by atoms with E-state index in [-0.39, 0.29) is 28.2 Å². The van der Waals surface area contributed by atoms with Crippen molar-refractivity contribution >= 4 is 28.5 Å². The van der Waals surface area contributed by atoms with E-state index in [1.54, 1.807) is 0 Å². The number of nitro benzene ring substituents is 1. The van der Waals surface area contributed by atoms with Crippen LogP contribution < -0.4 is 5.73 Å². The van der Waals surface area contributed by atoms with Gasteiger partial charge in [0.25, 0.3) is 5.69 Å². The van der Waals surface area contributed by atoms with Gasteiger partial charge >= 0.3 is 0 Å². The van der Waals surface area contributed by atoms with Crippen molar-refractivity contribution in [3.8, 4) is 0 Å². The molecule has 0 amide bonds. The SMILES string of the molecule is Nc1ncnc2c1ncn2[C@]1(C(=O)c2ccc([N+](=O)[O-])cc2)O[C@H](CO)[C@@H](O)[C@H]1O. The topological polar surface area (TPSA) is 200 Å². The number of hydrogen-bond donors (Lipinski definition) is 4. The Kier molecular flexibility index (Phi) is 4.66. The smallest absolute Gasteiger partial charge is 0.269 e. The minimum absolute atomic E-state index is 0.0171. The number of nitrogens with zero attached hydrogens (tertiary/aromatic N) is 5.